The molecular weight excluding hydrogens is 158 g/mol. The van der Waals surface area contributed by atoms with E-state index in [1.165, 1.54) is 29.5 Å². The highest BCUT2D eigenvalue weighted by Crippen LogP contribution is 2.22. The maximum absolute atomic E-state index is 5.57. The number of allylic oxidation sites excluding steroid dienone is 1. The van der Waals surface area contributed by atoms with Crippen LogP contribution >= 0.6 is 0 Å². The Labute approximate surface area is 79.3 Å². The largest absolute Gasteiger partial charge is 0.330 e. The Kier molecular flexibility index (Phi) is 2.46. The van der Waals surface area contributed by atoms with Gasteiger partial charge in [0, 0.05) is 0 Å². The maximum Gasteiger partial charge on any atom is -0.00365 e. The van der Waals surface area contributed by atoms with Crippen LogP contribution in [0.3, 0.4) is 0 Å². The van der Waals surface area contributed by atoms with Gasteiger partial charge in [-0.15, -0.1) is 0 Å². The first-order chi connectivity index (χ1) is 6.42. The topological polar surface area (TPSA) is 26.0 Å². The Morgan fingerprint density at radius 2 is 2.23 bits per heavy atom. The average molecular weight is 173 g/mol. The van der Waals surface area contributed by atoms with E-state index >= 15 is 0 Å². The molecule has 1 aromatic carbocycles. The maximum atomic E-state index is 5.57. The highest BCUT2D eigenvalue weighted by Gasteiger charge is 2.07. The molecule has 0 aliphatic heterocycles. The molecule has 0 fully saturated rings. The van der Waals surface area contributed by atoms with Gasteiger partial charge in [-0.05, 0) is 42.5 Å². The molecule has 0 saturated heterocycles. The molecular formula is C12H15N. The third-order valence-electron chi connectivity index (χ3n) is 2.57. The van der Waals surface area contributed by atoms with Crippen molar-refractivity contribution in [2.45, 2.75) is 19.3 Å². The van der Waals surface area contributed by atoms with E-state index in [9.17, 15) is 0 Å². The predicted octanol–water partition coefficient (Wildman–Crippen LogP) is 2.15. The number of rotatable bonds is 2. The molecule has 13 heavy (non-hydrogen) atoms. The van der Waals surface area contributed by atoms with Crippen molar-refractivity contribution in [2.24, 2.45) is 5.73 Å². The van der Waals surface area contributed by atoms with Gasteiger partial charge in [-0.1, -0.05) is 30.4 Å². The van der Waals surface area contributed by atoms with Gasteiger partial charge in [0.05, 0.1) is 0 Å². The number of fused-ring (bicyclic) bond motifs is 1. The lowest BCUT2D eigenvalue weighted by atomic mass is 9.92. The van der Waals surface area contributed by atoms with Gasteiger partial charge in [0.2, 0.25) is 0 Å². The Morgan fingerprint density at radius 3 is 3.08 bits per heavy atom. The summed E-state index contributed by atoms with van der Waals surface area (Å²) < 4.78 is 0. The zero-order chi connectivity index (χ0) is 9.10. The van der Waals surface area contributed by atoms with Crippen LogP contribution in [0.2, 0.25) is 0 Å². The summed E-state index contributed by atoms with van der Waals surface area (Å²) in [6.07, 6.45) is 7.85. The third-order valence-corrected chi connectivity index (χ3v) is 2.57. The first-order valence-electron chi connectivity index (χ1n) is 4.89. The van der Waals surface area contributed by atoms with Crippen molar-refractivity contribution in [3.8, 4) is 0 Å². The van der Waals surface area contributed by atoms with Crippen LogP contribution in [-0.2, 0) is 12.8 Å². The predicted molar refractivity (Wildman–Crippen MR) is 56.6 cm³/mol. The van der Waals surface area contributed by atoms with Crippen molar-refractivity contribution < 1.29 is 0 Å². The van der Waals surface area contributed by atoms with Crippen molar-refractivity contribution in [1.29, 1.82) is 0 Å². The summed E-state index contributed by atoms with van der Waals surface area (Å²) in [5.41, 5.74) is 9.86. The van der Waals surface area contributed by atoms with Gasteiger partial charge >= 0.3 is 0 Å². The lowest BCUT2D eigenvalue weighted by Crippen LogP contribution is -2.06. The molecule has 0 aromatic heterocycles. The Hall–Kier alpha value is -1.08. The molecule has 0 atom stereocenters. The van der Waals surface area contributed by atoms with E-state index in [4.69, 9.17) is 5.73 Å². The van der Waals surface area contributed by atoms with E-state index in [0.29, 0.717) is 0 Å². The van der Waals surface area contributed by atoms with Crippen LogP contribution in [0.15, 0.2) is 24.3 Å². The summed E-state index contributed by atoms with van der Waals surface area (Å²) in [4.78, 5) is 0. The first-order valence-corrected chi connectivity index (χ1v) is 4.89. The first kappa shape index (κ1) is 8.52. The lowest BCUT2D eigenvalue weighted by molar-refractivity contribution is 0.935. The summed E-state index contributed by atoms with van der Waals surface area (Å²) in [5, 5.41) is 0. The van der Waals surface area contributed by atoms with Crippen LogP contribution in [0.1, 0.15) is 23.1 Å². The van der Waals surface area contributed by atoms with Gasteiger partial charge in [0.25, 0.3) is 0 Å². The molecule has 1 aliphatic rings. The van der Waals surface area contributed by atoms with E-state index in [-0.39, 0.29) is 0 Å². The Morgan fingerprint density at radius 1 is 1.31 bits per heavy atom. The number of hydrogen-bond acceptors (Lipinski definition) is 1. The van der Waals surface area contributed by atoms with Crippen LogP contribution in [0.5, 0.6) is 0 Å². The molecule has 1 aromatic rings. The highest BCUT2D eigenvalue weighted by molar-refractivity contribution is 5.60. The SMILES string of the molecule is NCCc1cccc2c1C=CCC2. The van der Waals surface area contributed by atoms with Crippen LogP contribution in [-0.4, -0.2) is 6.54 Å². The summed E-state index contributed by atoms with van der Waals surface area (Å²) >= 11 is 0. The molecule has 0 saturated carbocycles. The van der Waals surface area contributed by atoms with Crippen LogP contribution in [0.25, 0.3) is 6.08 Å². The standard InChI is InChI=1S/C12H15N/c13-9-8-11-6-3-5-10-4-1-2-7-12(10)11/h2-3,5-7H,1,4,8-9,13H2. The van der Waals surface area contributed by atoms with Gasteiger partial charge in [-0.3, -0.25) is 0 Å². The van der Waals surface area contributed by atoms with Crippen LogP contribution in [0, 0.1) is 0 Å². The molecule has 2 N–H and O–H groups in total. The molecule has 1 nitrogen and oxygen atoms in total. The van der Waals surface area contributed by atoms with Gasteiger partial charge in [-0.2, -0.15) is 0 Å². The van der Waals surface area contributed by atoms with Crippen molar-refractivity contribution >= 4 is 6.08 Å². The molecule has 68 valence electrons. The van der Waals surface area contributed by atoms with Crippen molar-refractivity contribution in [2.75, 3.05) is 6.54 Å². The van der Waals surface area contributed by atoms with Crippen molar-refractivity contribution in [3.63, 3.8) is 0 Å². The van der Waals surface area contributed by atoms with Gasteiger partial charge in [0.1, 0.15) is 0 Å². The fourth-order valence-electron chi connectivity index (χ4n) is 1.91. The highest BCUT2D eigenvalue weighted by atomic mass is 14.5. The minimum Gasteiger partial charge on any atom is -0.330 e. The second kappa shape index (κ2) is 3.75. The third kappa shape index (κ3) is 1.65. The van der Waals surface area contributed by atoms with E-state index in [2.05, 4.69) is 30.4 Å². The molecule has 1 aliphatic carbocycles. The minimum atomic E-state index is 0.740. The van der Waals surface area contributed by atoms with E-state index in [1.807, 2.05) is 0 Å². The van der Waals surface area contributed by atoms with Crippen LogP contribution in [0.4, 0.5) is 0 Å². The molecule has 0 heterocycles. The second-order valence-corrected chi connectivity index (χ2v) is 3.47. The van der Waals surface area contributed by atoms with Crippen molar-refractivity contribution in [1.82, 2.24) is 0 Å². The molecule has 0 spiro atoms. The fourth-order valence-corrected chi connectivity index (χ4v) is 1.91. The summed E-state index contributed by atoms with van der Waals surface area (Å²) in [6, 6.07) is 6.54. The fraction of sp³-hybridized carbons (Fsp3) is 0.333. The summed E-state index contributed by atoms with van der Waals surface area (Å²) in [7, 11) is 0. The summed E-state index contributed by atoms with van der Waals surface area (Å²) in [5.74, 6) is 0. The molecule has 0 unspecified atom stereocenters. The number of hydrogen-bond donors (Lipinski definition) is 1. The van der Waals surface area contributed by atoms with Gasteiger partial charge in [-0.25, -0.2) is 0 Å². The second-order valence-electron chi connectivity index (χ2n) is 3.47. The molecule has 0 bridgehead atoms. The minimum absolute atomic E-state index is 0.740. The zero-order valence-electron chi connectivity index (χ0n) is 7.79. The normalized spacial score (nSPS) is 14.2. The molecule has 0 amide bonds. The number of aryl methyl sites for hydroxylation is 1. The summed E-state index contributed by atoms with van der Waals surface area (Å²) in [6.45, 7) is 0.740. The quantitative estimate of drug-likeness (QED) is 0.728. The van der Waals surface area contributed by atoms with E-state index in [1.54, 1.807) is 0 Å². The molecule has 0 radical (unpaired) electrons. The van der Waals surface area contributed by atoms with Gasteiger partial charge in [0.15, 0.2) is 0 Å². The Balaban J connectivity index is 2.42. The van der Waals surface area contributed by atoms with Crippen molar-refractivity contribution in [3.05, 3.63) is 41.0 Å². The average Bonchev–Trinajstić information content (AvgIpc) is 2.19. The number of benzene rings is 1. The van der Waals surface area contributed by atoms with E-state index in [0.717, 1.165) is 13.0 Å². The smallest absolute Gasteiger partial charge is 0.00365 e. The van der Waals surface area contributed by atoms with E-state index < -0.39 is 0 Å². The molecule has 2 rings (SSSR count). The zero-order valence-corrected chi connectivity index (χ0v) is 7.79. The van der Waals surface area contributed by atoms with Crippen LogP contribution < -0.4 is 5.73 Å². The monoisotopic (exact) mass is 173 g/mol. The Bertz CT molecular complexity index is 326. The lowest BCUT2D eigenvalue weighted by Gasteiger charge is -2.14. The van der Waals surface area contributed by atoms with Gasteiger partial charge < -0.3 is 5.73 Å². The number of nitrogens with two attached hydrogens (primary N) is 1. The molecule has 1 heteroatoms.